The first-order valence-electron chi connectivity index (χ1n) is 6.47. The summed E-state index contributed by atoms with van der Waals surface area (Å²) in [5.74, 6) is 0. The Hall–Kier alpha value is -2.58. The van der Waals surface area contributed by atoms with Gasteiger partial charge in [0.15, 0.2) is 0 Å². The summed E-state index contributed by atoms with van der Waals surface area (Å²) in [5.41, 5.74) is 13.0. The summed E-state index contributed by atoms with van der Waals surface area (Å²) in [4.78, 5) is 7.74. The zero-order valence-electron chi connectivity index (χ0n) is 11.4. The predicted molar refractivity (Wildman–Crippen MR) is 80.3 cm³/mol. The van der Waals surface area contributed by atoms with Crippen molar-refractivity contribution in [1.29, 1.82) is 0 Å². The highest BCUT2D eigenvalue weighted by molar-refractivity contribution is 6.12. The van der Waals surface area contributed by atoms with Gasteiger partial charge in [-0.25, -0.2) is 0 Å². The van der Waals surface area contributed by atoms with Crippen LogP contribution in [0.15, 0.2) is 58.6 Å². The van der Waals surface area contributed by atoms with Gasteiger partial charge in [-0.2, -0.15) is 0 Å². The largest absolute Gasteiger partial charge is 0.251 e. The van der Waals surface area contributed by atoms with E-state index >= 15 is 0 Å². The Kier molecular flexibility index (Phi) is 2.81. The number of nitrogens with zero attached hydrogens (tertiary/aromatic N) is 4. The molecule has 0 radical (unpaired) electrons. The average molecular weight is 262 g/mol. The van der Waals surface area contributed by atoms with E-state index < -0.39 is 5.54 Å². The summed E-state index contributed by atoms with van der Waals surface area (Å²) >= 11 is 0. The van der Waals surface area contributed by atoms with Crippen molar-refractivity contribution < 1.29 is 0 Å². The molecule has 1 aliphatic rings. The fourth-order valence-corrected chi connectivity index (χ4v) is 2.63. The second-order valence-electron chi connectivity index (χ2n) is 5.11. The van der Waals surface area contributed by atoms with E-state index in [9.17, 15) is 0 Å². The van der Waals surface area contributed by atoms with Gasteiger partial charge in [0, 0.05) is 4.91 Å². The van der Waals surface area contributed by atoms with Crippen LogP contribution in [0.2, 0.25) is 0 Å². The van der Waals surface area contributed by atoms with Crippen LogP contribution in [0.5, 0.6) is 0 Å². The van der Waals surface area contributed by atoms with Crippen LogP contribution in [0.3, 0.4) is 0 Å². The smallest absolute Gasteiger partial charge is 0.116 e. The minimum absolute atomic E-state index is 0.751. The molecule has 0 fully saturated rings. The van der Waals surface area contributed by atoms with Crippen molar-refractivity contribution in [3.63, 3.8) is 0 Å². The minimum atomic E-state index is -0.751. The number of rotatable bonds is 2. The van der Waals surface area contributed by atoms with E-state index in [1.54, 1.807) is 0 Å². The molecule has 4 heteroatoms. The minimum Gasteiger partial charge on any atom is -0.251 e. The number of azide groups is 1. The fourth-order valence-electron chi connectivity index (χ4n) is 2.63. The monoisotopic (exact) mass is 262 g/mol. The van der Waals surface area contributed by atoms with E-state index in [1.165, 1.54) is 0 Å². The molecule has 1 heterocycles. The van der Waals surface area contributed by atoms with Crippen LogP contribution in [-0.4, -0.2) is 5.71 Å². The van der Waals surface area contributed by atoms with E-state index in [0.29, 0.717) is 0 Å². The van der Waals surface area contributed by atoms with E-state index in [0.717, 1.165) is 28.1 Å². The predicted octanol–water partition coefficient (Wildman–Crippen LogP) is 4.65. The Morgan fingerprint density at radius 3 is 2.60 bits per heavy atom. The van der Waals surface area contributed by atoms with Gasteiger partial charge in [0.1, 0.15) is 5.54 Å². The molecular formula is C16H14N4. The van der Waals surface area contributed by atoms with E-state index in [2.05, 4.69) is 10.0 Å². The van der Waals surface area contributed by atoms with Crippen LogP contribution >= 0.6 is 0 Å². The summed E-state index contributed by atoms with van der Waals surface area (Å²) in [6.07, 6.45) is 0. The number of benzene rings is 2. The number of fused-ring (bicyclic) bond motifs is 1. The van der Waals surface area contributed by atoms with Crippen molar-refractivity contribution in [2.45, 2.75) is 19.4 Å². The van der Waals surface area contributed by atoms with Gasteiger partial charge >= 0.3 is 0 Å². The number of hydrogen-bond acceptors (Lipinski definition) is 2. The van der Waals surface area contributed by atoms with Crippen LogP contribution in [0.4, 0.5) is 5.69 Å². The van der Waals surface area contributed by atoms with Crippen molar-refractivity contribution in [2.75, 3.05) is 0 Å². The lowest BCUT2D eigenvalue weighted by Crippen LogP contribution is -2.27. The second kappa shape index (κ2) is 4.51. The summed E-state index contributed by atoms with van der Waals surface area (Å²) in [6.45, 7) is 3.95. The zero-order chi connectivity index (χ0) is 14.2. The highest BCUT2D eigenvalue weighted by Crippen LogP contribution is 2.43. The van der Waals surface area contributed by atoms with Crippen LogP contribution in [-0.2, 0) is 5.54 Å². The van der Waals surface area contributed by atoms with Gasteiger partial charge in [-0.15, -0.1) is 0 Å². The molecule has 98 valence electrons. The lowest BCUT2D eigenvalue weighted by Gasteiger charge is -2.21. The third-order valence-corrected chi connectivity index (χ3v) is 3.66. The quantitative estimate of drug-likeness (QED) is 0.429. The molecule has 0 spiro atoms. The van der Waals surface area contributed by atoms with E-state index in [-0.39, 0.29) is 0 Å². The number of aliphatic imine (C=N–C) groups is 1. The summed E-state index contributed by atoms with van der Waals surface area (Å²) < 4.78 is 0. The third kappa shape index (κ3) is 1.78. The third-order valence-electron chi connectivity index (χ3n) is 3.66. The Labute approximate surface area is 117 Å². The first-order valence-corrected chi connectivity index (χ1v) is 6.47. The Morgan fingerprint density at radius 1 is 1.15 bits per heavy atom. The number of aryl methyl sites for hydroxylation is 1. The summed E-state index contributed by atoms with van der Waals surface area (Å²) in [5, 5.41) is 4.03. The molecule has 0 amide bonds. The molecule has 0 saturated heterocycles. The van der Waals surface area contributed by atoms with Gasteiger partial charge in [-0.3, -0.25) is 4.99 Å². The molecule has 0 N–H and O–H groups in total. The van der Waals surface area contributed by atoms with Gasteiger partial charge in [-0.05, 0) is 42.1 Å². The molecule has 2 aromatic carbocycles. The first-order chi connectivity index (χ1) is 9.65. The molecule has 1 atom stereocenters. The van der Waals surface area contributed by atoms with E-state index in [4.69, 9.17) is 10.5 Å². The Bertz CT molecular complexity index is 742. The van der Waals surface area contributed by atoms with Crippen LogP contribution < -0.4 is 0 Å². The molecule has 20 heavy (non-hydrogen) atoms. The molecule has 1 aliphatic heterocycles. The first kappa shape index (κ1) is 12.5. The molecular weight excluding hydrogens is 248 g/mol. The van der Waals surface area contributed by atoms with Crippen molar-refractivity contribution in [3.05, 3.63) is 75.7 Å². The maximum Gasteiger partial charge on any atom is 0.116 e. The molecule has 0 aliphatic carbocycles. The van der Waals surface area contributed by atoms with Gasteiger partial charge in [0.05, 0.1) is 11.4 Å². The van der Waals surface area contributed by atoms with Crippen molar-refractivity contribution in [3.8, 4) is 0 Å². The van der Waals surface area contributed by atoms with E-state index in [1.807, 2.05) is 62.4 Å². The topological polar surface area (TPSA) is 61.1 Å². The summed E-state index contributed by atoms with van der Waals surface area (Å²) in [6, 6.07) is 15.9. The maximum atomic E-state index is 8.94. The van der Waals surface area contributed by atoms with Gasteiger partial charge in [0.2, 0.25) is 0 Å². The molecule has 3 rings (SSSR count). The van der Waals surface area contributed by atoms with Crippen molar-refractivity contribution in [2.24, 2.45) is 10.1 Å². The maximum absolute atomic E-state index is 8.94. The SMILES string of the molecule is Cc1ccc2c(c1)N=C(c1ccccc1)C2(C)N=[N+]=[N-]. The Balaban J connectivity index is 2.25. The molecule has 1 unspecified atom stereocenters. The van der Waals surface area contributed by atoms with Crippen LogP contribution in [0, 0.1) is 6.92 Å². The highest BCUT2D eigenvalue weighted by Gasteiger charge is 2.39. The normalized spacial score (nSPS) is 20.0. The fraction of sp³-hybridized carbons (Fsp3) is 0.188. The number of hydrogen-bond donors (Lipinski definition) is 0. The van der Waals surface area contributed by atoms with Crippen LogP contribution in [0.1, 0.15) is 23.6 Å². The second-order valence-corrected chi connectivity index (χ2v) is 5.11. The average Bonchev–Trinajstić information content (AvgIpc) is 2.73. The molecule has 2 aromatic rings. The molecule has 0 bridgehead atoms. The highest BCUT2D eigenvalue weighted by atomic mass is 15.2. The lowest BCUT2D eigenvalue weighted by molar-refractivity contribution is 0.686. The van der Waals surface area contributed by atoms with Crippen molar-refractivity contribution in [1.82, 2.24) is 0 Å². The lowest BCUT2D eigenvalue weighted by atomic mass is 9.86. The standard InChI is InChI=1S/C16H14N4/c1-11-8-9-13-14(10-11)18-15(16(13,2)19-20-17)12-6-4-3-5-7-12/h3-10H,1-2H3. The van der Waals surface area contributed by atoms with Gasteiger partial charge in [0.25, 0.3) is 0 Å². The van der Waals surface area contributed by atoms with Crippen LogP contribution in [0.25, 0.3) is 10.4 Å². The molecule has 0 saturated carbocycles. The zero-order valence-corrected chi connectivity index (χ0v) is 11.4. The summed E-state index contributed by atoms with van der Waals surface area (Å²) in [7, 11) is 0. The molecule has 4 nitrogen and oxygen atoms in total. The van der Waals surface area contributed by atoms with Gasteiger partial charge in [-0.1, -0.05) is 47.6 Å². The van der Waals surface area contributed by atoms with Gasteiger partial charge < -0.3 is 0 Å². The Morgan fingerprint density at radius 2 is 1.90 bits per heavy atom. The van der Waals surface area contributed by atoms with Crippen molar-refractivity contribution >= 4 is 11.4 Å². The molecule has 0 aromatic heterocycles.